The van der Waals surface area contributed by atoms with Crippen LogP contribution in [0.1, 0.15) is 43.7 Å². The molecule has 1 atom stereocenters. The van der Waals surface area contributed by atoms with Crippen molar-refractivity contribution in [2.24, 2.45) is 0 Å². The van der Waals surface area contributed by atoms with E-state index in [1.807, 2.05) is 6.92 Å². The van der Waals surface area contributed by atoms with E-state index >= 15 is 0 Å². The third-order valence-electron chi connectivity index (χ3n) is 3.31. The monoisotopic (exact) mass is 347 g/mol. The molecule has 2 N–H and O–H groups in total. The number of carboxylic acids is 1. The lowest BCUT2D eigenvalue weighted by atomic mass is 10.1. The summed E-state index contributed by atoms with van der Waals surface area (Å²) in [6.45, 7) is 1.59. The smallest absolute Gasteiger partial charge is 0.416 e. The van der Waals surface area contributed by atoms with E-state index in [0.717, 1.165) is 25.0 Å². The van der Waals surface area contributed by atoms with Crippen LogP contribution in [0.25, 0.3) is 0 Å². The van der Waals surface area contributed by atoms with Crippen LogP contribution in [-0.2, 0) is 22.3 Å². The predicted molar refractivity (Wildman–Crippen MR) is 80.3 cm³/mol. The van der Waals surface area contributed by atoms with E-state index < -0.39 is 29.8 Å². The summed E-state index contributed by atoms with van der Waals surface area (Å²) in [5.41, 5.74) is -0.676. The van der Waals surface area contributed by atoms with Crippen molar-refractivity contribution in [3.8, 4) is 0 Å². The van der Waals surface area contributed by atoms with Crippen molar-refractivity contribution in [1.29, 1.82) is 0 Å². The van der Waals surface area contributed by atoms with E-state index in [0.29, 0.717) is 6.42 Å². The highest BCUT2D eigenvalue weighted by molar-refractivity contribution is 5.79. The van der Waals surface area contributed by atoms with Gasteiger partial charge in [-0.2, -0.15) is 13.2 Å². The van der Waals surface area contributed by atoms with Gasteiger partial charge in [-0.25, -0.2) is 9.59 Å². The van der Waals surface area contributed by atoms with E-state index in [4.69, 9.17) is 9.84 Å². The summed E-state index contributed by atoms with van der Waals surface area (Å²) in [4.78, 5) is 22.7. The van der Waals surface area contributed by atoms with Crippen LogP contribution in [0.3, 0.4) is 0 Å². The Morgan fingerprint density at radius 3 is 2.58 bits per heavy atom. The van der Waals surface area contributed by atoms with Crippen LogP contribution in [0.15, 0.2) is 24.3 Å². The number of rotatable bonds is 8. The number of ether oxygens (including phenoxy) is 1. The number of nitrogens with one attached hydrogen (secondary N) is 1. The maximum atomic E-state index is 12.6. The van der Waals surface area contributed by atoms with Crippen molar-refractivity contribution < 1.29 is 32.6 Å². The predicted octanol–water partition coefficient (Wildman–Crippen LogP) is 3.97. The Labute approximate surface area is 137 Å². The molecule has 1 aromatic carbocycles. The van der Waals surface area contributed by atoms with Gasteiger partial charge in [0.15, 0.2) is 0 Å². The molecule has 0 aliphatic heterocycles. The largest absolute Gasteiger partial charge is 0.480 e. The first-order valence-corrected chi connectivity index (χ1v) is 7.56. The van der Waals surface area contributed by atoms with Crippen LogP contribution in [0, 0.1) is 0 Å². The number of aliphatic carboxylic acids is 1. The van der Waals surface area contributed by atoms with E-state index in [9.17, 15) is 22.8 Å². The van der Waals surface area contributed by atoms with Gasteiger partial charge in [-0.05, 0) is 24.1 Å². The average Bonchev–Trinajstić information content (AvgIpc) is 2.51. The number of benzene rings is 1. The van der Waals surface area contributed by atoms with Crippen molar-refractivity contribution in [3.05, 3.63) is 35.4 Å². The topological polar surface area (TPSA) is 75.6 Å². The first-order valence-electron chi connectivity index (χ1n) is 7.56. The lowest BCUT2D eigenvalue weighted by molar-refractivity contribution is -0.140. The van der Waals surface area contributed by atoms with Gasteiger partial charge in [0.05, 0.1) is 5.56 Å². The first-order chi connectivity index (χ1) is 11.2. The molecule has 0 saturated heterocycles. The van der Waals surface area contributed by atoms with Gasteiger partial charge in [0.1, 0.15) is 12.6 Å². The van der Waals surface area contributed by atoms with Crippen LogP contribution >= 0.6 is 0 Å². The Morgan fingerprint density at radius 2 is 2.00 bits per heavy atom. The first kappa shape index (κ1) is 19.8. The van der Waals surface area contributed by atoms with Crippen LogP contribution < -0.4 is 5.32 Å². The molecule has 0 saturated carbocycles. The lowest BCUT2D eigenvalue weighted by Crippen LogP contribution is -2.40. The van der Waals surface area contributed by atoms with Gasteiger partial charge in [-0.3, -0.25) is 0 Å². The van der Waals surface area contributed by atoms with Gasteiger partial charge in [0.2, 0.25) is 0 Å². The van der Waals surface area contributed by atoms with Crippen LogP contribution in [-0.4, -0.2) is 23.2 Å². The Kier molecular flexibility index (Phi) is 7.54. The minimum absolute atomic E-state index is 0.165. The van der Waals surface area contributed by atoms with Crippen molar-refractivity contribution in [2.75, 3.05) is 0 Å². The van der Waals surface area contributed by atoms with Gasteiger partial charge in [0.25, 0.3) is 0 Å². The van der Waals surface area contributed by atoms with Crippen molar-refractivity contribution in [2.45, 2.75) is 51.4 Å². The fourth-order valence-corrected chi connectivity index (χ4v) is 2.03. The molecule has 8 heteroatoms. The summed E-state index contributed by atoms with van der Waals surface area (Å²) >= 11 is 0. The number of alkyl halides is 3. The molecule has 0 aromatic heterocycles. The van der Waals surface area contributed by atoms with E-state index in [1.54, 1.807) is 0 Å². The summed E-state index contributed by atoms with van der Waals surface area (Å²) in [6.07, 6.45) is -2.80. The lowest BCUT2D eigenvalue weighted by Gasteiger charge is -2.14. The molecule has 0 radical (unpaired) electrons. The normalized spacial score (nSPS) is 12.5. The third-order valence-corrected chi connectivity index (χ3v) is 3.31. The van der Waals surface area contributed by atoms with E-state index in [-0.39, 0.29) is 18.6 Å². The quantitative estimate of drug-likeness (QED) is 0.698. The van der Waals surface area contributed by atoms with Gasteiger partial charge in [0, 0.05) is 0 Å². The minimum atomic E-state index is -4.48. The van der Waals surface area contributed by atoms with E-state index in [1.165, 1.54) is 12.1 Å². The molecule has 0 fully saturated rings. The zero-order valence-electron chi connectivity index (χ0n) is 13.2. The molecule has 24 heavy (non-hydrogen) atoms. The van der Waals surface area contributed by atoms with Gasteiger partial charge >= 0.3 is 18.2 Å². The number of hydrogen-bond donors (Lipinski definition) is 2. The van der Waals surface area contributed by atoms with Crippen molar-refractivity contribution in [1.82, 2.24) is 5.32 Å². The van der Waals surface area contributed by atoms with Gasteiger partial charge < -0.3 is 15.2 Å². The molecule has 1 amide bonds. The van der Waals surface area contributed by atoms with Crippen molar-refractivity contribution in [3.63, 3.8) is 0 Å². The Balaban J connectivity index is 2.54. The number of carbonyl (C=O) groups is 2. The van der Waals surface area contributed by atoms with Gasteiger partial charge in [-0.1, -0.05) is 38.3 Å². The average molecular weight is 347 g/mol. The molecule has 0 aliphatic carbocycles. The number of hydrogen-bond acceptors (Lipinski definition) is 3. The maximum absolute atomic E-state index is 12.6. The number of alkyl carbamates (subject to hydrolysis) is 1. The zero-order chi connectivity index (χ0) is 18.2. The molecule has 0 spiro atoms. The van der Waals surface area contributed by atoms with Crippen LogP contribution in [0.5, 0.6) is 0 Å². The molecule has 5 nitrogen and oxygen atoms in total. The van der Waals surface area contributed by atoms with Gasteiger partial charge in [-0.15, -0.1) is 0 Å². The molecule has 1 aromatic rings. The number of carboxylic acid groups (broad SMARTS) is 1. The highest BCUT2D eigenvalue weighted by atomic mass is 19.4. The molecule has 0 bridgehead atoms. The molecule has 1 rings (SSSR count). The zero-order valence-corrected chi connectivity index (χ0v) is 13.2. The number of halogens is 3. The Bertz CT molecular complexity index is 560. The Hall–Kier alpha value is -2.25. The Morgan fingerprint density at radius 1 is 1.29 bits per heavy atom. The molecule has 1 unspecified atom stereocenters. The highest BCUT2D eigenvalue weighted by Gasteiger charge is 2.30. The van der Waals surface area contributed by atoms with Crippen LogP contribution in [0.2, 0.25) is 0 Å². The SMILES string of the molecule is CCCCCC(NC(=O)OCc1cccc(C(F)(F)F)c1)C(=O)O. The third kappa shape index (κ3) is 6.89. The molecule has 0 aliphatic rings. The summed E-state index contributed by atoms with van der Waals surface area (Å²) in [5.74, 6) is -1.18. The second kappa shape index (κ2) is 9.14. The number of amides is 1. The molecular formula is C16H20F3NO4. The fraction of sp³-hybridized carbons (Fsp3) is 0.500. The minimum Gasteiger partial charge on any atom is -0.480 e. The van der Waals surface area contributed by atoms with E-state index in [2.05, 4.69) is 5.32 Å². The summed E-state index contributed by atoms with van der Waals surface area (Å²) in [7, 11) is 0. The standard InChI is InChI=1S/C16H20F3NO4/c1-2-3-4-8-13(14(21)22)20-15(23)24-10-11-6-5-7-12(9-11)16(17,18)19/h5-7,9,13H,2-4,8,10H2,1H3,(H,20,23)(H,21,22). The molecule has 134 valence electrons. The highest BCUT2D eigenvalue weighted by Crippen LogP contribution is 2.29. The molecular weight excluding hydrogens is 327 g/mol. The summed E-state index contributed by atoms with van der Waals surface area (Å²) < 4.78 is 42.6. The summed E-state index contributed by atoms with van der Waals surface area (Å²) in [5, 5.41) is 11.2. The number of carbonyl (C=O) groups excluding carboxylic acids is 1. The van der Waals surface area contributed by atoms with Crippen LogP contribution in [0.4, 0.5) is 18.0 Å². The van der Waals surface area contributed by atoms with Crippen molar-refractivity contribution >= 4 is 12.1 Å². The maximum Gasteiger partial charge on any atom is 0.416 e. The second-order valence-electron chi connectivity index (χ2n) is 5.31. The second-order valence-corrected chi connectivity index (χ2v) is 5.31. The number of unbranched alkanes of at least 4 members (excludes halogenated alkanes) is 2. The fourth-order valence-electron chi connectivity index (χ4n) is 2.03. The summed E-state index contributed by atoms with van der Waals surface area (Å²) in [6, 6.07) is 3.31. The molecule has 0 heterocycles.